The number of nitro benzene ring substituents is 1. The van der Waals surface area contributed by atoms with Crippen LogP contribution in [0.4, 0.5) is 11.4 Å². The minimum atomic E-state index is -0.494. The molecule has 8 nitrogen and oxygen atoms in total. The van der Waals surface area contributed by atoms with Crippen LogP contribution in [0.2, 0.25) is 0 Å². The van der Waals surface area contributed by atoms with Crippen molar-refractivity contribution in [1.82, 2.24) is 5.32 Å². The lowest BCUT2D eigenvalue weighted by Gasteiger charge is -2.11. The van der Waals surface area contributed by atoms with Gasteiger partial charge in [0.05, 0.1) is 18.0 Å². The Labute approximate surface area is 138 Å². The summed E-state index contributed by atoms with van der Waals surface area (Å²) < 4.78 is 4.72. The molecule has 0 atom stereocenters. The molecule has 0 aliphatic carbocycles. The van der Waals surface area contributed by atoms with Crippen molar-refractivity contribution in [3.8, 4) is 0 Å². The molecular formula is C14H17N3O5S. The summed E-state index contributed by atoms with van der Waals surface area (Å²) in [6.07, 6.45) is -0.0707. The first-order chi connectivity index (χ1) is 10.8. The molecule has 124 valence electrons. The Morgan fingerprint density at radius 1 is 1.35 bits per heavy atom. The number of rotatable bonds is 6. The van der Waals surface area contributed by atoms with Crippen LogP contribution in [0.15, 0.2) is 18.2 Å². The van der Waals surface area contributed by atoms with Gasteiger partial charge in [-0.3, -0.25) is 19.7 Å². The highest BCUT2D eigenvalue weighted by molar-refractivity contribution is 7.80. The number of carbonyl (C=O) groups excluding carboxylic acids is 2. The van der Waals surface area contributed by atoms with Gasteiger partial charge in [0, 0.05) is 24.2 Å². The van der Waals surface area contributed by atoms with Crippen molar-refractivity contribution in [2.24, 2.45) is 0 Å². The molecule has 23 heavy (non-hydrogen) atoms. The monoisotopic (exact) mass is 339 g/mol. The lowest BCUT2D eigenvalue weighted by molar-refractivity contribution is -0.384. The minimum Gasteiger partial charge on any atom is -0.466 e. The number of esters is 1. The molecule has 0 spiro atoms. The van der Waals surface area contributed by atoms with Gasteiger partial charge in [-0.05, 0) is 37.7 Å². The lowest BCUT2D eigenvalue weighted by atomic mass is 10.2. The van der Waals surface area contributed by atoms with Crippen molar-refractivity contribution in [2.45, 2.75) is 26.7 Å². The van der Waals surface area contributed by atoms with Crippen molar-refractivity contribution in [3.63, 3.8) is 0 Å². The zero-order valence-electron chi connectivity index (χ0n) is 12.8. The molecule has 1 aromatic rings. The van der Waals surface area contributed by atoms with Crippen LogP contribution in [-0.2, 0) is 14.3 Å². The van der Waals surface area contributed by atoms with Gasteiger partial charge in [-0.25, -0.2) is 0 Å². The number of nitrogens with one attached hydrogen (secondary N) is 2. The maximum Gasteiger partial charge on any atom is 0.306 e. The molecule has 1 amide bonds. The predicted molar refractivity (Wildman–Crippen MR) is 88.1 cm³/mol. The smallest absolute Gasteiger partial charge is 0.306 e. The van der Waals surface area contributed by atoms with E-state index in [4.69, 9.17) is 17.0 Å². The number of nitro groups is 1. The fourth-order valence-corrected chi connectivity index (χ4v) is 1.92. The number of anilines is 1. The Morgan fingerprint density at radius 2 is 2.04 bits per heavy atom. The van der Waals surface area contributed by atoms with E-state index in [0.717, 1.165) is 0 Å². The van der Waals surface area contributed by atoms with Crippen LogP contribution in [0.1, 0.15) is 25.3 Å². The van der Waals surface area contributed by atoms with Crippen LogP contribution < -0.4 is 10.6 Å². The van der Waals surface area contributed by atoms with E-state index in [9.17, 15) is 19.7 Å². The molecule has 0 unspecified atom stereocenters. The van der Waals surface area contributed by atoms with Crippen LogP contribution in [0.25, 0.3) is 0 Å². The number of hydrogen-bond acceptors (Lipinski definition) is 6. The molecule has 0 fully saturated rings. The number of aryl methyl sites for hydroxylation is 1. The molecule has 0 aromatic heterocycles. The van der Waals surface area contributed by atoms with Gasteiger partial charge in [0.1, 0.15) is 0 Å². The Balaban J connectivity index is 2.52. The Kier molecular flexibility index (Phi) is 7.07. The highest BCUT2D eigenvalue weighted by Gasteiger charge is 2.11. The molecule has 0 heterocycles. The van der Waals surface area contributed by atoms with E-state index in [1.807, 2.05) is 0 Å². The van der Waals surface area contributed by atoms with E-state index in [1.54, 1.807) is 13.8 Å². The fourth-order valence-electron chi connectivity index (χ4n) is 1.69. The van der Waals surface area contributed by atoms with Crippen molar-refractivity contribution >= 4 is 40.6 Å². The van der Waals surface area contributed by atoms with Gasteiger partial charge < -0.3 is 15.4 Å². The van der Waals surface area contributed by atoms with Crippen LogP contribution in [0.3, 0.4) is 0 Å². The van der Waals surface area contributed by atoms with Gasteiger partial charge in [-0.2, -0.15) is 0 Å². The second-order valence-electron chi connectivity index (χ2n) is 4.56. The molecule has 0 saturated carbocycles. The number of thiocarbonyl (C=S) groups is 1. The Morgan fingerprint density at radius 3 is 2.61 bits per heavy atom. The molecule has 0 aliphatic heterocycles. The van der Waals surface area contributed by atoms with E-state index in [1.165, 1.54) is 18.2 Å². The second-order valence-corrected chi connectivity index (χ2v) is 4.97. The summed E-state index contributed by atoms with van der Waals surface area (Å²) in [4.78, 5) is 33.0. The van der Waals surface area contributed by atoms with Gasteiger partial charge in [-0.15, -0.1) is 0 Å². The van der Waals surface area contributed by atoms with Crippen molar-refractivity contribution in [2.75, 3.05) is 11.9 Å². The van der Waals surface area contributed by atoms with Crippen molar-refractivity contribution in [1.29, 1.82) is 0 Å². The quantitative estimate of drug-likeness (QED) is 0.353. The van der Waals surface area contributed by atoms with E-state index in [0.29, 0.717) is 11.3 Å². The molecule has 0 bridgehead atoms. The summed E-state index contributed by atoms with van der Waals surface area (Å²) in [5, 5.41) is 15.9. The molecule has 0 saturated heterocycles. The normalized spacial score (nSPS) is 9.83. The first-order valence-corrected chi connectivity index (χ1v) is 7.25. The maximum absolute atomic E-state index is 11.6. The van der Waals surface area contributed by atoms with Gasteiger partial charge in [0.2, 0.25) is 5.91 Å². The highest BCUT2D eigenvalue weighted by atomic mass is 32.1. The number of nitrogens with zero attached hydrogens (tertiary/aromatic N) is 1. The van der Waals surface area contributed by atoms with E-state index in [-0.39, 0.29) is 30.2 Å². The first-order valence-electron chi connectivity index (χ1n) is 6.85. The molecule has 2 N–H and O–H groups in total. The van der Waals surface area contributed by atoms with Crippen LogP contribution >= 0.6 is 12.2 Å². The topological polar surface area (TPSA) is 111 Å². The summed E-state index contributed by atoms with van der Waals surface area (Å²) in [6.45, 7) is 3.63. The van der Waals surface area contributed by atoms with Gasteiger partial charge >= 0.3 is 5.97 Å². The number of carbonyl (C=O) groups is 2. The third-order valence-electron chi connectivity index (χ3n) is 2.78. The van der Waals surface area contributed by atoms with Crippen molar-refractivity contribution < 1.29 is 19.2 Å². The third kappa shape index (κ3) is 6.39. The summed E-state index contributed by atoms with van der Waals surface area (Å²) in [7, 11) is 0. The predicted octanol–water partition coefficient (Wildman–Crippen LogP) is 2.06. The number of amides is 1. The fraction of sp³-hybridized carbons (Fsp3) is 0.357. The molecular weight excluding hydrogens is 322 g/mol. The summed E-state index contributed by atoms with van der Waals surface area (Å²) >= 11 is 4.99. The van der Waals surface area contributed by atoms with Gasteiger partial charge in [0.15, 0.2) is 5.11 Å². The maximum atomic E-state index is 11.6. The van der Waals surface area contributed by atoms with Crippen LogP contribution in [0.5, 0.6) is 0 Å². The highest BCUT2D eigenvalue weighted by Crippen LogP contribution is 2.20. The van der Waals surface area contributed by atoms with E-state index < -0.39 is 16.8 Å². The zero-order valence-corrected chi connectivity index (χ0v) is 13.6. The largest absolute Gasteiger partial charge is 0.466 e. The van der Waals surface area contributed by atoms with E-state index >= 15 is 0 Å². The number of ether oxygens (including phenoxy) is 1. The SMILES string of the molecule is CCOC(=O)CCC(=O)NC(=S)Nc1ccc([N+](=O)[O-])cc1C. The van der Waals surface area contributed by atoms with E-state index in [2.05, 4.69) is 10.6 Å². The second kappa shape index (κ2) is 8.79. The summed E-state index contributed by atoms with van der Waals surface area (Å²) in [5.41, 5.74) is 1.13. The molecule has 9 heteroatoms. The minimum absolute atomic E-state index is 0.0289. The molecule has 0 aliphatic rings. The Hall–Kier alpha value is -2.55. The number of benzene rings is 1. The third-order valence-corrected chi connectivity index (χ3v) is 2.99. The van der Waals surface area contributed by atoms with Gasteiger partial charge in [0.25, 0.3) is 5.69 Å². The van der Waals surface area contributed by atoms with Crippen LogP contribution in [-0.4, -0.2) is 28.5 Å². The molecule has 0 radical (unpaired) electrons. The first kappa shape index (κ1) is 18.5. The zero-order chi connectivity index (χ0) is 17.4. The average Bonchev–Trinajstić information content (AvgIpc) is 2.47. The Bertz CT molecular complexity index is 633. The van der Waals surface area contributed by atoms with Crippen LogP contribution in [0, 0.1) is 17.0 Å². The lowest BCUT2D eigenvalue weighted by Crippen LogP contribution is -2.34. The average molecular weight is 339 g/mol. The standard InChI is InChI=1S/C14H17N3O5S/c1-3-22-13(19)7-6-12(18)16-14(23)15-11-5-4-10(17(20)21)8-9(11)2/h4-5,8H,3,6-7H2,1-2H3,(H2,15,16,18,23). The molecule has 1 rings (SSSR count). The van der Waals surface area contributed by atoms with Gasteiger partial charge in [-0.1, -0.05) is 0 Å². The van der Waals surface area contributed by atoms with Crippen molar-refractivity contribution in [3.05, 3.63) is 33.9 Å². The summed E-state index contributed by atoms with van der Waals surface area (Å²) in [5.74, 6) is -0.872. The molecule has 1 aromatic carbocycles. The number of hydrogen-bond donors (Lipinski definition) is 2. The summed E-state index contributed by atoms with van der Waals surface area (Å²) in [6, 6.07) is 4.23. The number of non-ortho nitro benzene ring substituents is 1.